The zero-order chi connectivity index (χ0) is 13.4. The van der Waals surface area contributed by atoms with Gasteiger partial charge < -0.3 is 11.1 Å². The number of likely N-dealkylation sites (tertiary alicyclic amines) is 1. The highest BCUT2D eigenvalue weighted by atomic mass is 15.3. The van der Waals surface area contributed by atoms with Crippen LogP contribution in [0, 0.1) is 0 Å². The van der Waals surface area contributed by atoms with Gasteiger partial charge in [0.05, 0.1) is 11.4 Å². The van der Waals surface area contributed by atoms with Crippen molar-refractivity contribution in [2.45, 2.75) is 51.1 Å². The highest BCUT2D eigenvalue weighted by Gasteiger charge is 2.34. The van der Waals surface area contributed by atoms with Gasteiger partial charge in [-0.1, -0.05) is 13.3 Å². The Kier molecular flexibility index (Phi) is 3.39. The molecule has 106 valence electrons. The quantitative estimate of drug-likeness (QED) is 0.847. The van der Waals surface area contributed by atoms with E-state index in [1.807, 2.05) is 11.7 Å². The fraction of sp³-hybridized carbons (Fsp3) is 0.786. The van der Waals surface area contributed by atoms with Crippen LogP contribution in [0.3, 0.4) is 0 Å². The molecule has 0 bridgehead atoms. The van der Waals surface area contributed by atoms with Gasteiger partial charge in [-0.05, 0) is 25.7 Å². The fourth-order valence-electron chi connectivity index (χ4n) is 3.06. The zero-order valence-corrected chi connectivity index (χ0v) is 12.0. The number of aromatic nitrogens is 2. The molecular weight excluding hydrogens is 238 g/mol. The van der Waals surface area contributed by atoms with E-state index in [4.69, 9.17) is 5.73 Å². The predicted octanol–water partition coefficient (Wildman–Crippen LogP) is 1.60. The molecule has 2 fully saturated rings. The van der Waals surface area contributed by atoms with E-state index in [1.54, 1.807) is 0 Å². The van der Waals surface area contributed by atoms with E-state index in [9.17, 15) is 0 Å². The molecule has 1 aliphatic heterocycles. The Morgan fingerprint density at radius 3 is 2.84 bits per heavy atom. The second-order valence-electron chi connectivity index (χ2n) is 5.94. The van der Waals surface area contributed by atoms with Gasteiger partial charge in [-0.25, -0.2) is 0 Å². The van der Waals surface area contributed by atoms with Gasteiger partial charge in [0.1, 0.15) is 5.82 Å². The van der Waals surface area contributed by atoms with Crippen LogP contribution in [0.15, 0.2) is 0 Å². The summed E-state index contributed by atoms with van der Waals surface area (Å²) in [5.74, 6) is 1.01. The van der Waals surface area contributed by atoms with Gasteiger partial charge in [-0.3, -0.25) is 9.58 Å². The van der Waals surface area contributed by atoms with Crippen molar-refractivity contribution in [3.8, 4) is 0 Å². The minimum atomic E-state index is 0.521. The van der Waals surface area contributed by atoms with Crippen LogP contribution in [0.25, 0.3) is 0 Å². The molecule has 1 aromatic rings. The van der Waals surface area contributed by atoms with E-state index in [-0.39, 0.29) is 0 Å². The summed E-state index contributed by atoms with van der Waals surface area (Å²) < 4.78 is 1.90. The molecule has 0 aromatic carbocycles. The maximum absolute atomic E-state index is 6.22. The Bertz CT molecular complexity index is 449. The Hall–Kier alpha value is -1.23. The predicted molar refractivity (Wildman–Crippen MR) is 78.2 cm³/mol. The van der Waals surface area contributed by atoms with Crippen molar-refractivity contribution in [2.75, 3.05) is 24.1 Å². The minimum absolute atomic E-state index is 0.521. The number of nitrogens with two attached hydrogens (primary N) is 1. The normalized spacial score (nSPS) is 24.0. The maximum atomic E-state index is 6.22. The number of aryl methyl sites for hydroxylation is 2. The minimum Gasteiger partial charge on any atom is -0.394 e. The second-order valence-corrected chi connectivity index (χ2v) is 5.94. The number of nitrogens with zero attached hydrogens (tertiary/aromatic N) is 3. The monoisotopic (exact) mass is 263 g/mol. The third kappa shape index (κ3) is 2.56. The molecule has 0 radical (unpaired) electrons. The first-order valence-electron chi connectivity index (χ1n) is 7.51. The molecule has 1 unspecified atom stereocenters. The maximum Gasteiger partial charge on any atom is 0.148 e. The van der Waals surface area contributed by atoms with E-state index in [1.165, 1.54) is 25.8 Å². The first-order valence-corrected chi connectivity index (χ1v) is 7.51. The third-order valence-electron chi connectivity index (χ3n) is 4.27. The summed E-state index contributed by atoms with van der Waals surface area (Å²) in [4.78, 5) is 2.61. The van der Waals surface area contributed by atoms with Crippen molar-refractivity contribution < 1.29 is 0 Å². The number of hydrogen-bond donors (Lipinski definition) is 2. The average molecular weight is 263 g/mol. The molecule has 1 saturated heterocycles. The number of rotatable bonds is 5. The summed E-state index contributed by atoms with van der Waals surface area (Å²) in [6.45, 7) is 4.53. The summed E-state index contributed by atoms with van der Waals surface area (Å²) in [7, 11) is 1.98. The van der Waals surface area contributed by atoms with Crippen molar-refractivity contribution in [1.29, 1.82) is 0 Å². The van der Waals surface area contributed by atoms with Gasteiger partial charge in [0.25, 0.3) is 0 Å². The molecule has 19 heavy (non-hydrogen) atoms. The average Bonchev–Trinajstić information content (AvgIpc) is 3.08. The molecule has 0 spiro atoms. The lowest BCUT2D eigenvalue weighted by atomic mass is 10.2. The SMILES string of the molecule is CCCc1nn(C)c(NC2CCN(C3CC3)C2)c1N. The van der Waals surface area contributed by atoms with Crippen LogP contribution in [-0.4, -0.2) is 39.9 Å². The van der Waals surface area contributed by atoms with Gasteiger partial charge in [0.15, 0.2) is 0 Å². The van der Waals surface area contributed by atoms with E-state index in [0.29, 0.717) is 6.04 Å². The first-order chi connectivity index (χ1) is 9.19. The Morgan fingerprint density at radius 1 is 1.37 bits per heavy atom. The molecular formula is C14H25N5. The van der Waals surface area contributed by atoms with Crippen molar-refractivity contribution in [3.63, 3.8) is 0 Å². The van der Waals surface area contributed by atoms with E-state index < -0.39 is 0 Å². The van der Waals surface area contributed by atoms with E-state index in [0.717, 1.165) is 42.6 Å². The van der Waals surface area contributed by atoms with Gasteiger partial charge in [0.2, 0.25) is 0 Å². The van der Waals surface area contributed by atoms with Crippen LogP contribution >= 0.6 is 0 Å². The van der Waals surface area contributed by atoms with Crippen LogP contribution in [0.1, 0.15) is 38.3 Å². The molecule has 2 aliphatic rings. The second kappa shape index (κ2) is 5.04. The van der Waals surface area contributed by atoms with Crippen LogP contribution < -0.4 is 11.1 Å². The number of anilines is 2. The third-order valence-corrected chi connectivity index (χ3v) is 4.27. The Balaban J connectivity index is 1.66. The smallest absolute Gasteiger partial charge is 0.148 e. The molecule has 1 saturated carbocycles. The fourth-order valence-corrected chi connectivity index (χ4v) is 3.06. The van der Waals surface area contributed by atoms with Crippen LogP contribution in [0.5, 0.6) is 0 Å². The van der Waals surface area contributed by atoms with Crippen molar-refractivity contribution in [2.24, 2.45) is 7.05 Å². The van der Waals surface area contributed by atoms with Crippen molar-refractivity contribution in [3.05, 3.63) is 5.69 Å². The van der Waals surface area contributed by atoms with E-state index in [2.05, 4.69) is 22.2 Å². The molecule has 3 N–H and O–H groups in total. The molecule has 5 nitrogen and oxygen atoms in total. The zero-order valence-electron chi connectivity index (χ0n) is 12.0. The highest BCUT2D eigenvalue weighted by Crippen LogP contribution is 2.31. The largest absolute Gasteiger partial charge is 0.394 e. The van der Waals surface area contributed by atoms with Crippen LogP contribution in [0.2, 0.25) is 0 Å². The number of nitrogens with one attached hydrogen (secondary N) is 1. The standard InChI is InChI=1S/C14H25N5/c1-3-4-12-13(15)14(18(2)17-12)16-10-7-8-19(9-10)11-5-6-11/h10-11,16H,3-9,15H2,1-2H3. The van der Waals surface area contributed by atoms with Gasteiger partial charge >= 0.3 is 0 Å². The Labute approximate surface area is 115 Å². The van der Waals surface area contributed by atoms with E-state index >= 15 is 0 Å². The Morgan fingerprint density at radius 2 is 2.16 bits per heavy atom. The summed E-state index contributed by atoms with van der Waals surface area (Å²) in [6.07, 6.45) is 6.03. The van der Waals surface area contributed by atoms with Gasteiger partial charge in [0, 0.05) is 32.2 Å². The van der Waals surface area contributed by atoms with Crippen molar-refractivity contribution in [1.82, 2.24) is 14.7 Å². The molecule has 1 aliphatic carbocycles. The van der Waals surface area contributed by atoms with Crippen LogP contribution in [0.4, 0.5) is 11.5 Å². The molecule has 1 aromatic heterocycles. The van der Waals surface area contributed by atoms with Crippen LogP contribution in [-0.2, 0) is 13.5 Å². The lowest BCUT2D eigenvalue weighted by molar-refractivity contribution is 0.326. The van der Waals surface area contributed by atoms with Gasteiger partial charge in [-0.15, -0.1) is 0 Å². The summed E-state index contributed by atoms with van der Waals surface area (Å²) in [6, 6.07) is 1.39. The summed E-state index contributed by atoms with van der Waals surface area (Å²) in [5, 5.41) is 8.13. The lowest BCUT2D eigenvalue weighted by Gasteiger charge is -2.17. The first kappa shape index (κ1) is 12.8. The molecule has 1 atom stereocenters. The molecule has 5 heteroatoms. The number of nitrogen functional groups attached to an aromatic ring is 1. The molecule has 0 amide bonds. The van der Waals surface area contributed by atoms with Gasteiger partial charge in [-0.2, -0.15) is 5.10 Å². The molecule has 3 rings (SSSR count). The number of hydrogen-bond acceptors (Lipinski definition) is 4. The molecule has 2 heterocycles. The summed E-state index contributed by atoms with van der Waals surface area (Å²) >= 11 is 0. The topological polar surface area (TPSA) is 59.1 Å². The highest BCUT2D eigenvalue weighted by molar-refractivity contribution is 5.65. The lowest BCUT2D eigenvalue weighted by Crippen LogP contribution is -2.28. The summed E-state index contributed by atoms with van der Waals surface area (Å²) in [5.41, 5.74) is 8.09. The van der Waals surface area contributed by atoms with Crippen molar-refractivity contribution >= 4 is 11.5 Å².